The molecule has 53 heavy (non-hydrogen) atoms. The van der Waals surface area contributed by atoms with Crippen molar-refractivity contribution in [3.8, 4) is 56.7 Å². The molecule has 0 spiro atoms. The first-order chi connectivity index (χ1) is 26.3. The number of fused-ring (bicyclic) bond motifs is 5. The zero-order valence-electron chi connectivity index (χ0n) is 28.8. The first kappa shape index (κ1) is 30.8. The Kier molecular flexibility index (Phi) is 7.33. The van der Waals surface area contributed by atoms with Crippen molar-refractivity contribution in [2.24, 2.45) is 0 Å². The Bertz CT molecular complexity index is 2710. The first-order valence-electron chi connectivity index (χ1n) is 17.9. The molecule has 7 aromatic carbocycles. The summed E-state index contributed by atoms with van der Waals surface area (Å²) in [5.41, 5.74) is 11.1. The normalized spacial score (nSPS) is 12.7. The van der Waals surface area contributed by atoms with E-state index in [1.165, 1.54) is 22.3 Å². The van der Waals surface area contributed by atoms with E-state index in [1.54, 1.807) is 0 Å². The Morgan fingerprint density at radius 2 is 0.736 bits per heavy atom. The predicted octanol–water partition coefficient (Wildman–Crippen LogP) is 11.5. The van der Waals surface area contributed by atoms with Crippen molar-refractivity contribution < 1.29 is 0 Å². The van der Waals surface area contributed by atoms with Gasteiger partial charge in [0.1, 0.15) is 5.69 Å². The van der Waals surface area contributed by atoms with Crippen molar-refractivity contribution in [3.05, 3.63) is 216 Å². The van der Waals surface area contributed by atoms with Crippen LogP contribution in [0.4, 0.5) is 0 Å². The molecule has 0 unspecified atom stereocenters. The maximum Gasteiger partial charge on any atom is 0.183 e. The fourth-order valence-corrected chi connectivity index (χ4v) is 8.07. The Morgan fingerprint density at radius 3 is 1.36 bits per heavy atom. The topological polar surface area (TPSA) is 51.6 Å². The van der Waals surface area contributed by atoms with Crippen LogP contribution in [-0.4, -0.2) is 19.9 Å². The summed E-state index contributed by atoms with van der Waals surface area (Å²) < 4.78 is 0. The predicted molar refractivity (Wildman–Crippen MR) is 214 cm³/mol. The molecular weight excluding hydrogens is 645 g/mol. The Labute approximate surface area is 308 Å². The van der Waals surface area contributed by atoms with Gasteiger partial charge in [-0.1, -0.05) is 194 Å². The maximum absolute atomic E-state index is 5.61. The lowest BCUT2D eigenvalue weighted by Gasteiger charge is -2.34. The van der Waals surface area contributed by atoms with Crippen molar-refractivity contribution in [2.45, 2.75) is 5.41 Å². The second-order valence-electron chi connectivity index (χ2n) is 13.4. The quantitative estimate of drug-likeness (QED) is 0.176. The van der Waals surface area contributed by atoms with E-state index in [0.717, 1.165) is 50.0 Å². The Hall–Kier alpha value is -7.04. The minimum atomic E-state index is -0.584. The highest BCUT2D eigenvalue weighted by atomic mass is 15.0. The number of nitrogens with zero attached hydrogens (tertiary/aromatic N) is 4. The lowest BCUT2D eigenvalue weighted by atomic mass is 9.67. The van der Waals surface area contributed by atoms with Gasteiger partial charge in [0, 0.05) is 27.6 Å². The van der Waals surface area contributed by atoms with E-state index in [2.05, 4.69) is 158 Å². The van der Waals surface area contributed by atoms with Crippen molar-refractivity contribution in [1.82, 2.24) is 19.9 Å². The van der Waals surface area contributed by atoms with Crippen LogP contribution < -0.4 is 0 Å². The number of pyridine rings is 1. The molecule has 2 aromatic heterocycles. The molecule has 9 aromatic rings. The average Bonchev–Trinajstić information content (AvgIpc) is 3.56. The Morgan fingerprint density at radius 1 is 0.302 bits per heavy atom. The molecule has 0 atom stereocenters. The number of hydrogen-bond acceptors (Lipinski definition) is 4. The summed E-state index contributed by atoms with van der Waals surface area (Å²) in [6, 6.07) is 67.9. The van der Waals surface area contributed by atoms with Crippen LogP contribution in [0.3, 0.4) is 0 Å². The van der Waals surface area contributed by atoms with E-state index < -0.39 is 5.41 Å². The van der Waals surface area contributed by atoms with Crippen LogP contribution in [0.15, 0.2) is 194 Å². The van der Waals surface area contributed by atoms with Gasteiger partial charge in [-0.15, -0.1) is 0 Å². The minimum absolute atomic E-state index is 0.536. The number of benzene rings is 7. The van der Waals surface area contributed by atoms with Crippen LogP contribution in [0, 0.1) is 0 Å². The molecule has 0 bridgehead atoms. The monoisotopic (exact) mass is 676 g/mol. The lowest BCUT2D eigenvalue weighted by Crippen LogP contribution is -2.29. The van der Waals surface area contributed by atoms with Gasteiger partial charge in [-0.3, -0.25) is 0 Å². The Balaban J connectivity index is 1.25. The standard InChI is InChI=1S/C49H32N4/c1-5-17-33(18-6-1)34-29-31-36(32-30-34)47-51-46(35-19-7-2-8-20-35)52-48(53-47)45-40-26-14-13-25-39(40)43-44(50-45)41-27-15-16-28-42(41)49(43,37-21-9-3-10-22-37)38-23-11-4-12-24-38/h1-32H. The van der Waals surface area contributed by atoms with Gasteiger partial charge in [0.05, 0.1) is 11.1 Å². The molecule has 0 aliphatic heterocycles. The summed E-state index contributed by atoms with van der Waals surface area (Å²) >= 11 is 0. The summed E-state index contributed by atoms with van der Waals surface area (Å²) in [5, 5.41) is 2.11. The van der Waals surface area contributed by atoms with Crippen molar-refractivity contribution >= 4 is 10.8 Å². The zero-order valence-corrected chi connectivity index (χ0v) is 28.8. The molecule has 0 fully saturated rings. The molecule has 0 saturated heterocycles. The van der Waals surface area contributed by atoms with Crippen LogP contribution >= 0.6 is 0 Å². The number of hydrogen-bond donors (Lipinski definition) is 0. The van der Waals surface area contributed by atoms with E-state index in [-0.39, 0.29) is 0 Å². The molecule has 1 aliphatic carbocycles. The van der Waals surface area contributed by atoms with Gasteiger partial charge in [-0.2, -0.15) is 0 Å². The highest BCUT2D eigenvalue weighted by Crippen LogP contribution is 2.58. The molecule has 10 rings (SSSR count). The van der Waals surface area contributed by atoms with Gasteiger partial charge in [-0.05, 0) is 33.2 Å². The van der Waals surface area contributed by atoms with Crippen LogP contribution in [0.25, 0.3) is 67.5 Å². The van der Waals surface area contributed by atoms with E-state index in [9.17, 15) is 0 Å². The van der Waals surface area contributed by atoms with Crippen molar-refractivity contribution in [2.75, 3.05) is 0 Å². The second kappa shape index (κ2) is 12.6. The summed E-state index contributed by atoms with van der Waals surface area (Å²) in [5.74, 6) is 1.74. The maximum atomic E-state index is 5.61. The van der Waals surface area contributed by atoms with Gasteiger partial charge in [0.25, 0.3) is 0 Å². The number of rotatable bonds is 6. The summed E-state index contributed by atoms with van der Waals surface area (Å²) in [6.07, 6.45) is 0. The van der Waals surface area contributed by atoms with E-state index in [0.29, 0.717) is 17.5 Å². The van der Waals surface area contributed by atoms with E-state index >= 15 is 0 Å². The van der Waals surface area contributed by atoms with E-state index in [1.807, 2.05) is 36.4 Å². The SMILES string of the molecule is c1ccc(-c2ccc(-c3nc(-c4ccccc4)nc(-c4nc5c(c6ccccc46)C(c4ccccc4)(c4ccccc4)c4ccccc4-5)n3)cc2)cc1. The van der Waals surface area contributed by atoms with Crippen LogP contribution in [0.2, 0.25) is 0 Å². The third kappa shape index (κ3) is 4.99. The van der Waals surface area contributed by atoms with E-state index in [4.69, 9.17) is 19.9 Å². The molecule has 2 heterocycles. The molecule has 248 valence electrons. The average molecular weight is 677 g/mol. The van der Waals surface area contributed by atoms with Gasteiger partial charge in [-0.25, -0.2) is 19.9 Å². The van der Waals surface area contributed by atoms with Gasteiger partial charge < -0.3 is 0 Å². The van der Waals surface area contributed by atoms with Crippen LogP contribution in [-0.2, 0) is 5.41 Å². The molecule has 0 saturated carbocycles. The summed E-state index contributed by atoms with van der Waals surface area (Å²) in [6.45, 7) is 0. The molecule has 0 amide bonds. The minimum Gasteiger partial charge on any atom is -0.243 e. The smallest absolute Gasteiger partial charge is 0.183 e. The van der Waals surface area contributed by atoms with Gasteiger partial charge in [0.15, 0.2) is 17.5 Å². The fourth-order valence-electron chi connectivity index (χ4n) is 8.07. The second-order valence-corrected chi connectivity index (χ2v) is 13.4. The molecule has 4 heteroatoms. The van der Waals surface area contributed by atoms with Crippen molar-refractivity contribution in [3.63, 3.8) is 0 Å². The highest BCUT2D eigenvalue weighted by molar-refractivity contribution is 6.04. The number of aromatic nitrogens is 4. The van der Waals surface area contributed by atoms with Crippen molar-refractivity contribution in [1.29, 1.82) is 0 Å². The lowest BCUT2D eigenvalue weighted by molar-refractivity contribution is 0.774. The summed E-state index contributed by atoms with van der Waals surface area (Å²) in [4.78, 5) is 21.0. The van der Waals surface area contributed by atoms with Crippen LogP contribution in [0.5, 0.6) is 0 Å². The third-order valence-corrected chi connectivity index (χ3v) is 10.4. The molecule has 1 aliphatic rings. The van der Waals surface area contributed by atoms with Gasteiger partial charge >= 0.3 is 0 Å². The third-order valence-electron chi connectivity index (χ3n) is 10.4. The molecular formula is C49H32N4. The molecule has 0 radical (unpaired) electrons. The summed E-state index contributed by atoms with van der Waals surface area (Å²) in [7, 11) is 0. The largest absolute Gasteiger partial charge is 0.243 e. The zero-order chi connectivity index (χ0) is 35.2. The first-order valence-corrected chi connectivity index (χ1v) is 17.9. The van der Waals surface area contributed by atoms with Gasteiger partial charge in [0.2, 0.25) is 0 Å². The fraction of sp³-hybridized carbons (Fsp3) is 0.0204. The molecule has 0 N–H and O–H groups in total. The molecule has 4 nitrogen and oxygen atoms in total. The highest BCUT2D eigenvalue weighted by Gasteiger charge is 2.48. The van der Waals surface area contributed by atoms with Crippen LogP contribution in [0.1, 0.15) is 22.3 Å².